The van der Waals surface area contributed by atoms with Crippen LogP contribution < -0.4 is 10.3 Å². The maximum Gasteiger partial charge on any atom is 0.416 e. The first-order chi connectivity index (χ1) is 12.0. The standard InChI is InChI=1S/C14H10F3N3O5S/c15-14(16,17)10-4-6-12(7-5-10)26(24,25)19-18-13(21)9-2-1-3-11(8-9)20(22)23/h1-8,19H,(H,18,21). The van der Waals surface area contributed by atoms with Crippen molar-refractivity contribution in [2.75, 3.05) is 0 Å². The average molecular weight is 389 g/mol. The lowest BCUT2D eigenvalue weighted by Crippen LogP contribution is -2.41. The number of nitrogens with zero attached hydrogens (tertiary/aromatic N) is 1. The minimum absolute atomic E-state index is 0.186. The van der Waals surface area contributed by atoms with E-state index < -0.39 is 37.5 Å². The van der Waals surface area contributed by atoms with Gasteiger partial charge in [0.25, 0.3) is 21.6 Å². The van der Waals surface area contributed by atoms with E-state index in [1.54, 1.807) is 4.83 Å². The van der Waals surface area contributed by atoms with Crippen molar-refractivity contribution in [2.24, 2.45) is 0 Å². The largest absolute Gasteiger partial charge is 0.416 e. The topological polar surface area (TPSA) is 118 Å². The molecular weight excluding hydrogens is 379 g/mol. The number of nitro benzene ring substituents is 1. The molecule has 26 heavy (non-hydrogen) atoms. The van der Waals surface area contributed by atoms with Crippen LogP contribution in [0.5, 0.6) is 0 Å². The fourth-order valence-electron chi connectivity index (χ4n) is 1.83. The lowest BCUT2D eigenvalue weighted by Gasteiger charge is -2.10. The van der Waals surface area contributed by atoms with Gasteiger partial charge in [0, 0.05) is 17.7 Å². The second kappa shape index (κ2) is 7.09. The summed E-state index contributed by atoms with van der Waals surface area (Å²) < 4.78 is 61.4. The molecule has 0 heterocycles. The number of carbonyl (C=O) groups is 1. The van der Waals surface area contributed by atoms with Crippen molar-refractivity contribution in [2.45, 2.75) is 11.1 Å². The molecule has 0 aliphatic heterocycles. The Balaban J connectivity index is 2.11. The number of hydrogen-bond donors (Lipinski definition) is 2. The molecule has 0 saturated heterocycles. The molecule has 0 spiro atoms. The normalized spacial score (nSPS) is 11.8. The highest BCUT2D eigenvalue weighted by atomic mass is 32.2. The molecular formula is C14H10F3N3O5S. The number of hydrogen-bond acceptors (Lipinski definition) is 5. The lowest BCUT2D eigenvalue weighted by molar-refractivity contribution is -0.384. The van der Waals surface area contributed by atoms with Crippen molar-refractivity contribution < 1.29 is 31.3 Å². The fraction of sp³-hybridized carbons (Fsp3) is 0.0714. The van der Waals surface area contributed by atoms with E-state index in [4.69, 9.17) is 0 Å². The highest BCUT2D eigenvalue weighted by Crippen LogP contribution is 2.29. The van der Waals surface area contributed by atoms with Crippen molar-refractivity contribution in [1.82, 2.24) is 10.3 Å². The molecule has 2 N–H and O–H groups in total. The zero-order chi connectivity index (χ0) is 19.5. The van der Waals surface area contributed by atoms with Gasteiger partial charge in [0.1, 0.15) is 0 Å². The summed E-state index contributed by atoms with van der Waals surface area (Å²) in [5.41, 5.74) is 0.239. The first-order valence-electron chi connectivity index (χ1n) is 6.74. The number of non-ortho nitro benzene ring substituents is 1. The maximum atomic E-state index is 12.5. The molecule has 0 aliphatic rings. The Morgan fingerprint density at radius 2 is 1.69 bits per heavy atom. The van der Waals surface area contributed by atoms with Crippen molar-refractivity contribution >= 4 is 21.6 Å². The van der Waals surface area contributed by atoms with E-state index >= 15 is 0 Å². The van der Waals surface area contributed by atoms with Gasteiger partial charge >= 0.3 is 6.18 Å². The summed E-state index contributed by atoms with van der Waals surface area (Å²) in [6.07, 6.45) is -4.62. The summed E-state index contributed by atoms with van der Waals surface area (Å²) in [6.45, 7) is 0. The van der Waals surface area contributed by atoms with Crippen LogP contribution in [0.3, 0.4) is 0 Å². The van der Waals surface area contributed by atoms with E-state index in [0.717, 1.165) is 24.3 Å². The summed E-state index contributed by atoms with van der Waals surface area (Å²) in [6, 6.07) is 7.14. The molecule has 138 valence electrons. The molecule has 2 aromatic rings. The second-order valence-electron chi connectivity index (χ2n) is 4.89. The number of nitro groups is 1. The zero-order valence-electron chi connectivity index (χ0n) is 12.6. The number of halogens is 3. The molecule has 0 unspecified atom stereocenters. The van der Waals surface area contributed by atoms with Crippen LogP contribution in [0.4, 0.5) is 18.9 Å². The third kappa shape index (κ3) is 4.55. The molecule has 0 aromatic heterocycles. The smallest absolute Gasteiger partial charge is 0.273 e. The van der Waals surface area contributed by atoms with Crippen molar-refractivity contribution in [3.63, 3.8) is 0 Å². The Hall–Kier alpha value is -2.99. The minimum Gasteiger partial charge on any atom is -0.273 e. The third-order valence-electron chi connectivity index (χ3n) is 3.11. The molecule has 2 aromatic carbocycles. The van der Waals surface area contributed by atoms with Gasteiger partial charge in [-0.1, -0.05) is 6.07 Å². The maximum absolute atomic E-state index is 12.5. The molecule has 2 rings (SSSR count). The molecule has 12 heteroatoms. The minimum atomic E-state index is -4.62. The summed E-state index contributed by atoms with van der Waals surface area (Å²) in [7, 11) is -4.34. The number of nitrogens with one attached hydrogen (secondary N) is 2. The van der Waals surface area contributed by atoms with Gasteiger partial charge in [-0.25, -0.2) is 8.42 Å². The van der Waals surface area contributed by atoms with Crippen molar-refractivity contribution in [3.05, 3.63) is 69.8 Å². The van der Waals surface area contributed by atoms with Gasteiger partial charge in [-0.2, -0.15) is 13.2 Å². The number of benzene rings is 2. The Morgan fingerprint density at radius 3 is 2.23 bits per heavy atom. The molecule has 1 amide bonds. The van der Waals surface area contributed by atoms with E-state index in [9.17, 15) is 36.5 Å². The van der Waals surface area contributed by atoms with Crippen molar-refractivity contribution in [3.8, 4) is 0 Å². The van der Waals surface area contributed by atoms with Crippen molar-refractivity contribution in [1.29, 1.82) is 0 Å². The van der Waals surface area contributed by atoms with Crippen LogP contribution in [-0.2, 0) is 16.2 Å². The number of alkyl halides is 3. The Kier molecular flexibility index (Phi) is 5.28. The molecule has 0 radical (unpaired) electrons. The van der Waals surface area contributed by atoms with E-state index in [-0.39, 0.29) is 11.3 Å². The number of rotatable bonds is 5. The summed E-state index contributed by atoms with van der Waals surface area (Å²) in [5.74, 6) is -0.982. The lowest BCUT2D eigenvalue weighted by atomic mass is 10.2. The van der Waals surface area contributed by atoms with Gasteiger partial charge in [0.2, 0.25) is 0 Å². The van der Waals surface area contributed by atoms with Gasteiger partial charge in [0.15, 0.2) is 0 Å². The van der Waals surface area contributed by atoms with Crippen LogP contribution in [0.2, 0.25) is 0 Å². The predicted molar refractivity (Wildman–Crippen MR) is 82.3 cm³/mol. The fourth-order valence-corrected chi connectivity index (χ4v) is 2.67. The van der Waals surface area contributed by atoms with E-state index in [0.29, 0.717) is 12.1 Å². The molecule has 0 atom stereocenters. The number of hydrazine groups is 1. The quantitative estimate of drug-likeness (QED) is 0.601. The van der Waals surface area contributed by atoms with Crippen LogP contribution in [0.15, 0.2) is 53.4 Å². The van der Waals surface area contributed by atoms with Crippen LogP contribution in [0, 0.1) is 10.1 Å². The molecule has 0 bridgehead atoms. The molecule has 0 aliphatic carbocycles. The molecule has 8 nitrogen and oxygen atoms in total. The second-order valence-corrected chi connectivity index (χ2v) is 6.57. The molecule has 0 fully saturated rings. The SMILES string of the molecule is O=C(NNS(=O)(=O)c1ccc(C(F)(F)F)cc1)c1cccc([N+](=O)[O-])c1. The van der Waals surface area contributed by atoms with Gasteiger partial charge in [0.05, 0.1) is 15.4 Å². The van der Waals surface area contributed by atoms with Gasteiger partial charge in [-0.3, -0.25) is 20.3 Å². The van der Waals surface area contributed by atoms with Crippen LogP contribution in [0.1, 0.15) is 15.9 Å². The third-order valence-corrected chi connectivity index (χ3v) is 4.37. The van der Waals surface area contributed by atoms with Crippen LogP contribution >= 0.6 is 0 Å². The number of carbonyl (C=O) groups excluding carboxylic acids is 1. The summed E-state index contributed by atoms with van der Waals surface area (Å²) in [4.78, 5) is 23.0. The number of amides is 1. The van der Waals surface area contributed by atoms with Gasteiger partial charge < -0.3 is 0 Å². The highest BCUT2D eigenvalue weighted by molar-refractivity contribution is 7.89. The Morgan fingerprint density at radius 1 is 1.08 bits per heavy atom. The Labute approximate surface area is 144 Å². The summed E-state index contributed by atoms with van der Waals surface area (Å²) >= 11 is 0. The van der Waals surface area contributed by atoms with Gasteiger partial charge in [-0.05, 0) is 30.3 Å². The highest BCUT2D eigenvalue weighted by Gasteiger charge is 2.30. The van der Waals surface area contributed by atoms with Gasteiger partial charge in [-0.15, -0.1) is 4.83 Å². The zero-order valence-corrected chi connectivity index (χ0v) is 13.5. The van der Waals surface area contributed by atoms with E-state index in [2.05, 4.69) is 0 Å². The van der Waals surface area contributed by atoms with E-state index in [1.807, 2.05) is 5.43 Å². The predicted octanol–water partition coefficient (Wildman–Crippen LogP) is 2.24. The van der Waals surface area contributed by atoms with Crippen LogP contribution in [-0.4, -0.2) is 19.2 Å². The Bertz CT molecular complexity index is 943. The van der Waals surface area contributed by atoms with E-state index in [1.165, 1.54) is 12.1 Å². The molecule has 0 saturated carbocycles. The first kappa shape index (κ1) is 19.3. The number of sulfonamides is 1. The summed E-state index contributed by atoms with van der Waals surface area (Å²) in [5, 5.41) is 10.7. The first-order valence-corrected chi connectivity index (χ1v) is 8.23. The van der Waals surface area contributed by atoms with Crippen LogP contribution in [0.25, 0.3) is 0 Å². The average Bonchev–Trinajstić information content (AvgIpc) is 2.59. The monoisotopic (exact) mass is 389 g/mol.